The molecule has 0 aromatic heterocycles. The molecular formula is C13H13ClN2O3. The van der Waals surface area contributed by atoms with E-state index in [2.05, 4.69) is 17.2 Å². The summed E-state index contributed by atoms with van der Waals surface area (Å²) in [6.45, 7) is 1.22. The highest BCUT2D eigenvalue weighted by Crippen LogP contribution is 2.17. The summed E-state index contributed by atoms with van der Waals surface area (Å²) < 4.78 is 0. The number of aliphatic hydroxyl groups is 1. The van der Waals surface area contributed by atoms with Gasteiger partial charge in [-0.1, -0.05) is 23.4 Å². The van der Waals surface area contributed by atoms with Crippen LogP contribution in [0.4, 0.5) is 0 Å². The lowest BCUT2D eigenvalue weighted by Crippen LogP contribution is -2.42. The molecule has 0 saturated heterocycles. The molecule has 0 aliphatic heterocycles. The van der Waals surface area contributed by atoms with E-state index in [0.29, 0.717) is 16.1 Å². The monoisotopic (exact) mass is 280 g/mol. The summed E-state index contributed by atoms with van der Waals surface area (Å²) in [4.78, 5) is 22.6. The van der Waals surface area contributed by atoms with Gasteiger partial charge in [0, 0.05) is 11.1 Å². The van der Waals surface area contributed by atoms with Crippen LogP contribution >= 0.6 is 11.6 Å². The van der Waals surface area contributed by atoms with Gasteiger partial charge < -0.3 is 16.2 Å². The normalized spacial score (nSPS) is 11.1. The molecule has 100 valence electrons. The third-order valence-electron chi connectivity index (χ3n) is 2.31. The van der Waals surface area contributed by atoms with E-state index in [1.807, 2.05) is 0 Å². The van der Waals surface area contributed by atoms with Crippen LogP contribution in [0.2, 0.25) is 5.02 Å². The fourth-order valence-electron chi connectivity index (χ4n) is 1.24. The van der Waals surface area contributed by atoms with Crippen LogP contribution in [-0.2, 0) is 4.79 Å². The molecule has 0 saturated carbocycles. The molecular weight excluding hydrogens is 268 g/mol. The molecule has 1 rings (SSSR count). The topological polar surface area (TPSA) is 92.4 Å². The van der Waals surface area contributed by atoms with Crippen molar-refractivity contribution in [2.24, 2.45) is 5.73 Å². The Balaban J connectivity index is 2.89. The number of hydrogen-bond acceptors (Lipinski definition) is 3. The van der Waals surface area contributed by atoms with E-state index in [1.165, 1.54) is 19.1 Å². The first-order valence-electron chi connectivity index (χ1n) is 5.45. The van der Waals surface area contributed by atoms with Crippen LogP contribution in [0.5, 0.6) is 0 Å². The van der Waals surface area contributed by atoms with Crippen LogP contribution in [0.1, 0.15) is 22.8 Å². The number of nitrogens with one attached hydrogen (secondary N) is 1. The SMILES string of the molecule is CC(NC(=O)c1ccc(C#CCO)c(Cl)c1)C(N)=O. The van der Waals surface area contributed by atoms with Crippen molar-refractivity contribution in [1.29, 1.82) is 0 Å². The van der Waals surface area contributed by atoms with Gasteiger partial charge in [-0.15, -0.1) is 0 Å². The van der Waals surface area contributed by atoms with E-state index < -0.39 is 17.9 Å². The average Bonchev–Trinajstić information content (AvgIpc) is 2.36. The molecule has 1 unspecified atom stereocenters. The summed E-state index contributed by atoms with van der Waals surface area (Å²) in [5.41, 5.74) is 5.86. The second-order valence-corrected chi connectivity index (χ2v) is 4.16. The molecule has 1 atom stereocenters. The number of carbonyl (C=O) groups excluding carboxylic acids is 2. The first-order chi connectivity index (χ1) is 8.95. The number of hydrogen-bond donors (Lipinski definition) is 3. The van der Waals surface area contributed by atoms with Gasteiger partial charge in [-0.3, -0.25) is 9.59 Å². The molecule has 0 fully saturated rings. The van der Waals surface area contributed by atoms with Gasteiger partial charge in [0.2, 0.25) is 5.91 Å². The van der Waals surface area contributed by atoms with Gasteiger partial charge in [-0.25, -0.2) is 0 Å². The van der Waals surface area contributed by atoms with Crippen molar-refractivity contribution in [3.05, 3.63) is 34.3 Å². The van der Waals surface area contributed by atoms with Crippen LogP contribution in [0, 0.1) is 11.8 Å². The number of primary amides is 1. The van der Waals surface area contributed by atoms with Crippen LogP contribution in [0.25, 0.3) is 0 Å². The molecule has 1 aromatic rings. The third-order valence-corrected chi connectivity index (χ3v) is 2.62. The highest BCUT2D eigenvalue weighted by atomic mass is 35.5. The Kier molecular flexibility index (Phi) is 5.37. The van der Waals surface area contributed by atoms with E-state index >= 15 is 0 Å². The Morgan fingerprint density at radius 1 is 1.53 bits per heavy atom. The number of halogens is 1. The quantitative estimate of drug-likeness (QED) is 0.695. The molecule has 2 amide bonds. The Labute approximate surface area is 115 Å². The maximum atomic E-state index is 11.8. The number of rotatable bonds is 3. The molecule has 1 aromatic carbocycles. The van der Waals surface area contributed by atoms with Gasteiger partial charge in [-0.2, -0.15) is 0 Å². The van der Waals surface area contributed by atoms with Gasteiger partial charge in [0.15, 0.2) is 0 Å². The van der Waals surface area contributed by atoms with Gasteiger partial charge in [-0.05, 0) is 25.1 Å². The van der Waals surface area contributed by atoms with Crippen molar-refractivity contribution < 1.29 is 14.7 Å². The standard InChI is InChI=1S/C13H13ClN2O3/c1-8(12(15)18)16-13(19)10-5-4-9(3-2-6-17)11(14)7-10/h4-5,7-8,17H,6H2,1H3,(H2,15,18)(H,16,19). The van der Waals surface area contributed by atoms with Gasteiger partial charge >= 0.3 is 0 Å². The largest absolute Gasteiger partial charge is 0.384 e. The van der Waals surface area contributed by atoms with Gasteiger partial charge in [0.25, 0.3) is 5.91 Å². The zero-order chi connectivity index (χ0) is 14.4. The number of carbonyl (C=O) groups is 2. The maximum Gasteiger partial charge on any atom is 0.251 e. The lowest BCUT2D eigenvalue weighted by molar-refractivity contribution is -0.119. The Hall–Kier alpha value is -2.03. The van der Waals surface area contributed by atoms with E-state index in [9.17, 15) is 9.59 Å². The van der Waals surface area contributed by atoms with Crippen molar-refractivity contribution in [3.63, 3.8) is 0 Å². The molecule has 0 radical (unpaired) electrons. The average molecular weight is 281 g/mol. The predicted molar refractivity (Wildman–Crippen MR) is 71.5 cm³/mol. The van der Waals surface area contributed by atoms with E-state index in [1.54, 1.807) is 6.07 Å². The molecule has 0 spiro atoms. The minimum absolute atomic E-state index is 0.269. The van der Waals surface area contributed by atoms with Crippen molar-refractivity contribution in [1.82, 2.24) is 5.32 Å². The van der Waals surface area contributed by atoms with Crippen LogP contribution in [0.15, 0.2) is 18.2 Å². The second kappa shape index (κ2) is 6.78. The first kappa shape index (κ1) is 15.0. The number of aliphatic hydroxyl groups excluding tert-OH is 1. The number of amides is 2. The third kappa shape index (κ3) is 4.28. The Morgan fingerprint density at radius 2 is 2.21 bits per heavy atom. The Bertz CT molecular complexity index is 561. The van der Waals surface area contributed by atoms with Crippen LogP contribution in [-0.4, -0.2) is 29.6 Å². The zero-order valence-electron chi connectivity index (χ0n) is 10.2. The molecule has 0 bridgehead atoms. The van der Waals surface area contributed by atoms with Crippen molar-refractivity contribution in [2.45, 2.75) is 13.0 Å². The summed E-state index contributed by atoms with van der Waals surface area (Å²) in [5.74, 6) is 4.04. The smallest absolute Gasteiger partial charge is 0.251 e. The lowest BCUT2D eigenvalue weighted by Gasteiger charge is -2.10. The van der Waals surface area contributed by atoms with Gasteiger partial charge in [0.05, 0.1) is 5.02 Å². The second-order valence-electron chi connectivity index (χ2n) is 3.75. The summed E-state index contributed by atoms with van der Waals surface area (Å²) in [7, 11) is 0. The molecule has 0 aliphatic carbocycles. The van der Waals surface area contributed by atoms with E-state index in [4.69, 9.17) is 22.4 Å². The highest BCUT2D eigenvalue weighted by Gasteiger charge is 2.14. The molecule has 4 N–H and O–H groups in total. The van der Waals surface area contributed by atoms with Crippen molar-refractivity contribution >= 4 is 23.4 Å². The summed E-state index contributed by atoms with van der Waals surface area (Å²) >= 11 is 5.95. The zero-order valence-corrected chi connectivity index (χ0v) is 11.0. The Morgan fingerprint density at radius 3 is 2.74 bits per heavy atom. The van der Waals surface area contributed by atoms with Crippen molar-refractivity contribution in [2.75, 3.05) is 6.61 Å². The van der Waals surface area contributed by atoms with Crippen LogP contribution < -0.4 is 11.1 Å². The minimum Gasteiger partial charge on any atom is -0.384 e. The summed E-state index contributed by atoms with van der Waals surface area (Å²) in [5, 5.41) is 11.3. The van der Waals surface area contributed by atoms with Crippen molar-refractivity contribution in [3.8, 4) is 11.8 Å². The first-order valence-corrected chi connectivity index (χ1v) is 5.83. The summed E-state index contributed by atoms with van der Waals surface area (Å²) in [6.07, 6.45) is 0. The van der Waals surface area contributed by atoms with Gasteiger partial charge in [0.1, 0.15) is 12.6 Å². The fraction of sp³-hybridized carbons (Fsp3) is 0.231. The highest BCUT2D eigenvalue weighted by molar-refractivity contribution is 6.32. The molecule has 0 aliphatic rings. The van der Waals surface area contributed by atoms with Crippen LogP contribution in [0.3, 0.4) is 0 Å². The number of benzene rings is 1. The minimum atomic E-state index is -0.764. The van der Waals surface area contributed by atoms with E-state index in [-0.39, 0.29) is 6.61 Å². The molecule has 0 heterocycles. The molecule has 6 heteroatoms. The molecule has 19 heavy (non-hydrogen) atoms. The molecule has 5 nitrogen and oxygen atoms in total. The van der Waals surface area contributed by atoms with E-state index in [0.717, 1.165) is 0 Å². The lowest BCUT2D eigenvalue weighted by atomic mass is 10.1. The predicted octanol–water partition coefficient (Wildman–Crippen LogP) is 0.287. The fourth-order valence-corrected chi connectivity index (χ4v) is 1.47. The number of nitrogens with two attached hydrogens (primary N) is 1. The summed E-state index contributed by atoms with van der Waals surface area (Å²) in [6, 6.07) is 3.76. The maximum absolute atomic E-state index is 11.8.